The Morgan fingerprint density at radius 2 is 1.62 bits per heavy atom. The average molecular weight is 353 g/mol. The van der Waals surface area contributed by atoms with Gasteiger partial charge in [0.25, 0.3) is 5.91 Å². The van der Waals surface area contributed by atoms with E-state index in [1.807, 2.05) is 25.7 Å². The molecule has 1 fully saturated rings. The van der Waals surface area contributed by atoms with Crippen molar-refractivity contribution in [1.29, 1.82) is 0 Å². The van der Waals surface area contributed by atoms with Crippen LogP contribution in [0.15, 0.2) is 24.3 Å². The van der Waals surface area contributed by atoms with Gasteiger partial charge in [-0.05, 0) is 30.7 Å². The molecule has 0 spiro atoms. The maximum absolute atomic E-state index is 12.4. The molecule has 0 atom stereocenters. The molecule has 1 aromatic rings. The summed E-state index contributed by atoms with van der Waals surface area (Å²) in [6.45, 7) is 8.21. The summed E-state index contributed by atoms with van der Waals surface area (Å²) in [7, 11) is 0. The minimum absolute atomic E-state index is 0.00511. The van der Waals surface area contributed by atoms with E-state index in [2.05, 4.69) is 0 Å². The summed E-state index contributed by atoms with van der Waals surface area (Å²) in [6, 6.07) is 6.93. The lowest BCUT2D eigenvalue weighted by molar-refractivity contribution is -0.140. The molecule has 0 aromatic heterocycles. The van der Waals surface area contributed by atoms with Crippen LogP contribution in [-0.2, 0) is 9.59 Å². The maximum Gasteiger partial charge on any atom is 0.260 e. The second kappa shape index (κ2) is 7.88. The van der Waals surface area contributed by atoms with Gasteiger partial charge in [-0.3, -0.25) is 9.59 Å². The molecule has 1 aliphatic rings. The van der Waals surface area contributed by atoms with E-state index in [9.17, 15) is 9.59 Å². The van der Waals surface area contributed by atoms with E-state index in [0.29, 0.717) is 37.0 Å². The van der Waals surface area contributed by atoms with Gasteiger partial charge >= 0.3 is 0 Å². The summed E-state index contributed by atoms with van der Waals surface area (Å²) in [5.74, 6) is 0.691. The Kier molecular flexibility index (Phi) is 6.10. The highest BCUT2D eigenvalue weighted by molar-refractivity contribution is 6.30. The highest BCUT2D eigenvalue weighted by Gasteiger charge is 2.29. The first kappa shape index (κ1) is 18.6. The van der Waals surface area contributed by atoms with Crippen LogP contribution in [0.4, 0.5) is 0 Å². The Hall–Kier alpha value is -1.75. The van der Waals surface area contributed by atoms with Crippen molar-refractivity contribution >= 4 is 23.4 Å². The third kappa shape index (κ3) is 5.13. The second-order valence-electron chi connectivity index (χ2n) is 7.02. The fourth-order valence-corrected chi connectivity index (χ4v) is 2.74. The predicted octanol–water partition coefficient (Wildman–Crippen LogP) is 2.83. The molecule has 6 heteroatoms. The van der Waals surface area contributed by atoms with Crippen molar-refractivity contribution in [1.82, 2.24) is 9.80 Å². The number of nitrogens with zero attached hydrogens (tertiary/aromatic N) is 2. The monoisotopic (exact) mass is 352 g/mol. The van der Waals surface area contributed by atoms with Crippen LogP contribution in [0.1, 0.15) is 27.2 Å². The van der Waals surface area contributed by atoms with Crippen LogP contribution >= 0.6 is 11.6 Å². The molecule has 0 bridgehead atoms. The smallest absolute Gasteiger partial charge is 0.260 e. The first-order valence-corrected chi connectivity index (χ1v) is 8.61. The van der Waals surface area contributed by atoms with Crippen molar-refractivity contribution in [2.45, 2.75) is 27.2 Å². The number of carbonyl (C=O) groups excluding carboxylic acids is 2. The van der Waals surface area contributed by atoms with E-state index in [4.69, 9.17) is 16.3 Å². The van der Waals surface area contributed by atoms with Crippen molar-refractivity contribution in [2.24, 2.45) is 5.41 Å². The number of rotatable bonds is 3. The summed E-state index contributed by atoms with van der Waals surface area (Å²) >= 11 is 5.82. The molecular formula is C18H25ClN2O3. The number of hydrogen-bond donors (Lipinski definition) is 0. The Balaban J connectivity index is 1.85. The lowest BCUT2D eigenvalue weighted by atomic mass is 9.94. The third-order valence-electron chi connectivity index (χ3n) is 3.95. The number of hydrogen-bond acceptors (Lipinski definition) is 3. The lowest BCUT2D eigenvalue weighted by Crippen LogP contribution is -2.42. The zero-order valence-electron chi connectivity index (χ0n) is 14.5. The van der Waals surface area contributed by atoms with Crippen molar-refractivity contribution < 1.29 is 14.3 Å². The number of amides is 2. The fourth-order valence-electron chi connectivity index (χ4n) is 2.61. The lowest BCUT2D eigenvalue weighted by Gasteiger charge is -2.28. The highest BCUT2D eigenvalue weighted by Crippen LogP contribution is 2.19. The molecule has 1 aliphatic heterocycles. The number of carbonyl (C=O) groups is 2. The van der Waals surface area contributed by atoms with Gasteiger partial charge in [0.2, 0.25) is 5.91 Å². The molecule has 0 N–H and O–H groups in total. The van der Waals surface area contributed by atoms with Crippen LogP contribution in [0.3, 0.4) is 0 Å². The molecule has 0 aliphatic carbocycles. The van der Waals surface area contributed by atoms with E-state index in [-0.39, 0.29) is 18.4 Å². The number of halogens is 1. The largest absolute Gasteiger partial charge is 0.484 e. The number of benzene rings is 1. The van der Waals surface area contributed by atoms with Crippen LogP contribution in [0.2, 0.25) is 5.02 Å². The van der Waals surface area contributed by atoms with E-state index in [1.54, 1.807) is 29.2 Å². The van der Waals surface area contributed by atoms with Crippen LogP contribution in [0.5, 0.6) is 5.75 Å². The molecule has 1 saturated heterocycles. The van der Waals surface area contributed by atoms with Crippen molar-refractivity contribution in [3.63, 3.8) is 0 Å². The van der Waals surface area contributed by atoms with E-state index in [1.165, 1.54) is 0 Å². The van der Waals surface area contributed by atoms with Crippen LogP contribution in [-0.4, -0.2) is 54.4 Å². The van der Waals surface area contributed by atoms with Gasteiger partial charge in [0, 0.05) is 36.6 Å². The zero-order chi connectivity index (χ0) is 17.7. The van der Waals surface area contributed by atoms with Crippen LogP contribution in [0.25, 0.3) is 0 Å². The van der Waals surface area contributed by atoms with E-state index in [0.717, 1.165) is 6.42 Å². The second-order valence-corrected chi connectivity index (χ2v) is 7.46. The zero-order valence-corrected chi connectivity index (χ0v) is 15.3. The van der Waals surface area contributed by atoms with E-state index < -0.39 is 5.41 Å². The molecule has 2 amide bonds. The first-order chi connectivity index (χ1) is 11.3. The predicted molar refractivity (Wildman–Crippen MR) is 94.2 cm³/mol. The minimum atomic E-state index is -0.392. The first-order valence-electron chi connectivity index (χ1n) is 8.23. The van der Waals surface area contributed by atoms with Gasteiger partial charge in [0.15, 0.2) is 6.61 Å². The molecule has 1 heterocycles. The molecular weight excluding hydrogens is 328 g/mol. The third-order valence-corrected chi connectivity index (χ3v) is 4.21. The average Bonchev–Trinajstić information content (AvgIpc) is 2.78. The normalized spacial score (nSPS) is 15.8. The molecule has 0 unspecified atom stereocenters. The van der Waals surface area contributed by atoms with Gasteiger partial charge in [-0.25, -0.2) is 0 Å². The molecule has 0 saturated carbocycles. The Bertz CT molecular complexity index is 581. The molecule has 0 radical (unpaired) electrons. The summed E-state index contributed by atoms with van der Waals surface area (Å²) in [6.07, 6.45) is 0.786. The van der Waals surface area contributed by atoms with Gasteiger partial charge < -0.3 is 14.5 Å². The SMILES string of the molecule is CC(C)(C)C(=O)N1CCCN(C(=O)COc2ccc(Cl)cc2)CC1. The van der Waals surface area contributed by atoms with E-state index >= 15 is 0 Å². The topological polar surface area (TPSA) is 49.9 Å². The summed E-state index contributed by atoms with van der Waals surface area (Å²) in [4.78, 5) is 28.3. The summed E-state index contributed by atoms with van der Waals surface area (Å²) < 4.78 is 5.51. The van der Waals surface area contributed by atoms with Gasteiger partial charge in [-0.1, -0.05) is 32.4 Å². The number of ether oxygens (including phenoxy) is 1. The molecule has 2 rings (SSSR count). The Morgan fingerprint density at radius 1 is 1.04 bits per heavy atom. The molecule has 132 valence electrons. The van der Waals surface area contributed by atoms with Crippen LogP contribution < -0.4 is 4.74 Å². The molecule has 1 aromatic carbocycles. The Morgan fingerprint density at radius 3 is 2.25 bits per heavy atom. The van der Waals surface area contributed by atoms with Gasteiger partial charge in [-0.2, -0.15) is 0 Å². The van der Waals surface area contributed by atoms with Crippen LogP contribution in [0, 0.1) is 5.41 Å². The summed E-state index contributed by atoms with van der Waals surface area (Å²) in [5.41, 5.74) is -0.392. The molecule has 5 nitrogen and oxygen atoms in total. The highest BCUT2D eigenvalue weighted by atomic mass is 35.5. The minimum Gasteiger partial charge on any atom is -0.484 e. The van der Waals surface area contributed by atoms with Crippen molar-refractivity contribution in [2.75, 3.05) is 32.8 Å². The summed E-state index contributed by atoms with van der Waals surface area (Å²) in [5, 5.41) is 0.629. The van der Waals surface area contributed by atoms with Gasteiger partial charge in [0.05, 0.1) is 0 Å². The standard InChI is InChI=1S/C18H25ClN2O3/c1-18(2,3)17(23)21-10-4-9-20(11-12-21)16(22)13-24-15-7-5-14(19)6-8-15/h5-8H,4,9-13H2,1-3H3. The Labute approximate surface area is 148 Å². The van der Waals surface area contributed by atoms with Gasteiger partial charge in [0.1, 0.15) is 5.75 Å². The van der Waals surface area contributed by atoms with Gasteiger partial charge in [-0.15, -0.1) is 0 Å². The quantitative estimate of drug-likeness (QED) is 0.840. The fraction of sp³-hybridized carbons (Fsp3) is 0.556. The van der Waals surface area contributed by atoms with Crippen molar-refractivity contribution in [3.8, 4) is 5.75 Å². The molecule has 24 heavy (non-hydrogen) atoms. The van der Waals surface area contributed by atoms with Crippen molar-refractivity contribution in [3.05, 3.63) is 29.3 Å². The maximum atomic E-state index is 12.4.